The summed E-state index contributed by atoms with van der Waals surface area (Å²) in [5.41, 5.74) is 1.24. The summed E-state index contributed by atoms with van der Waals surface area (Å²) in [6.07, 6.45) is 7.74. The Kier molecular flexibility index (Phi) is 5.66. The molecule has 42 heavy (non-hydrogen) atoms. The van der Waals surface area contributed by atoms with Gasteiger partial charge in [0.2, 0.25) is 11.8 Å². The molecule has 0 spiro atoms. The molecular formula is C32H27F2N5O3. The highest BCUT2D eigenvalue weighted by molar-refractivity contribution is 6.09. The van der Waals surface area contributed by atoms with Gasteiger partial charge in [0.15, 0.2) is 5.82 Å². The van der Waals surface area contributed by atoms with Crippen molar-refractivity contribution in [3.63, 3.8) is 0 Å². The molecule has 5 heterocycles. The Balaban J connectivity index is 1.27. The number of allylic oxidation sites excluding steroid dienone is 1. The molecule has 3 saturated heterocycles. The zero-order chi connectivity index (χ0) is 28.6. The number of nitrogens with zero attached hydrogens (tertiary/aromatic N) is 4. The number of aromatic nitrogens is 3. The smallest absolute Gasteiger partial charge is 0.317 e. The van der Waals surface area contributed by atoms with E-state index in [1.165, 1.54) is 12.3 Å². The fourth-order valence-corrected chi connectivity index (χ4v) is 7.44. The molecule has 4 aliphatic rings. The third-order valence-corrected chi connectivity index (χ3v) is 9.50. The van der Waals surface area contributed by atoms with Crippen LogP contribution in [0.2, 0.25) is 0 Å². The minimum atomic E-state index is -0.717. The Morgan fingerprint density at radius 1 is 1.00 bits per heavy atom. The first-order valence-electron chi connectivity index (χ1n) is 14.4. The zero-order valence-electron chi connectivity index (χ0n) is 22.7. The predicted molar refractivity (Wildman–Crippen MR) is 151 cm³/mol. The van der Waals surface area contributed by atoms with Crippen molar-refractivity contribution in [2.45, 2.75) is 37.6 Å². The monoisotopic (exact) mass is 567 g/mol. The summed E-state index contributed by atoms with van der Waals surface area (Å²) in [6, 6.07) is 9.89. The number of ether oxygens (including phenoxy) is 1. The maximum absolute atomic E-state index is 16.5. The van der Waals surface area contributed by atoms with Crippen molar-refractivity contribution < 1.29 is 23.1 Å². The van der Waals surface area contributed by atoms with Gasteiger partial charge in [0, 0.05) is 22.5 Å². The van der Waals surface area contributed by atoms with Crippen LogP contribution in [0.1, 0.15) is 37.8 Å². The lowest BCUT2D eigenvalue weighted by molar-refractivity contribution is -0.126. The van der Waals surface area contributed by atoms with Crippen LogP contribution in [0.3, 0.4) is 0 Å². The van der Waals surface area contributed by atoms with Gasteiger partial charge in [0.25, 0.3) is 0 Å². The Morgan fingerprint density at radius 3 is 2.57 bits per heavy atom. The maximum atomic E-state index is 16.5. The molecule has 8 rings (SSSR count). The van der Waals surface area contributed by atoms with Gasteiger partial charge in [-0.15, -0.1) is 0 Å². The molecule has 0 saturated carbocycles. The molecule has 1 N–H and O–H groups in total. The van der Waals surface area contributed by atoms with E-state index in [2.05, 4.69) is 20.2 Å². The van der Waals surface area contributed by atoms with Crippen LogP contribution >= 0.6 is 0 Å². The highest BCUT2D eigenvalue weighted by Gasteiger charge is 2.46. The van der Waals surface area contributed by atoms with E-state index in [-0.39, 0.29) is 46.4 Å². The molecule has 10 heteroatoms. The van der Waals surface area contributed by atoms with Crippen molar-refractivity contribution in [1.82, 2.24) is 25.2 Å². The summed E-state index contributed by atoms with van der Waals surface area (Å²) >= 11 is 0. The average Bonchev–Trinajstić information content (AvgIpc) is 3.75. The summed E-state index contributed by atoms with van der Waals surface area (Å²) in [5.74, 6) is -2.98. The number of benzene rings is 2. The van der Waals surface area contributed by atoms with Gasteiger partial charge in [-0.1, -0.05) is 36.4 Å². The topological polar surface area (TPSA) is 97.3 Å². The zero-order valence-corrected chi connectivity index (χ0v) is 22.7. The normalized spacial score (nSPS) is 23.0. The number of pyridine rings is 1. The van der Waals surface area contributed by atoms with Gasteiger partial charge in [-0.25, -0.2) is 8.78 Å². The fraction of sp³-hybridized carbons (Fsp3) is 0.344. The lowest BCUT2D eigenvalue weighted by Gasteiger charge is -2.31. The van der Waals surface area contributed by atoms with Crippen LogP contribution in [0.25, 0.3) is 38.5 Å². The molecule has 2 aromatic heterocycles. The highest BCUT2D eigenvalue weighted by Crippen LogP contribution is 2.43. The summed E-state index contributed by atoms with van der Waals surface area (Å²) < 4.78 is 37.7. The van der Waals surface area contributed by atoms with E-state index in [1.807, 2.05) is 0 Å². The second kappa shape index (κ2) is 9.35. The predicted octanol–water partition coefficient (Wildman–Crippen LogP) is 4.81. The Hall–Kier alpha value is -4.31. The third kappa shape index (κ3) is 3.77. The van der Waals surface area contributed by atoms with Gasteiger partial charge in [-0.2, -0.15) is 9.97 Å². The highest BCUT2D eigenvalue weighted by atomic mass is 19.1. The van der Waals surface area contributed by atoms with E-state index in [1.54, 1.807) is 36.4 Å². The first kappa shape index (κ1) is 25.4. The van der Waals surface area contributed by atoms with Gasteiger partial charge >= 0.3 is 6.01 Å². The quantitative estimate of drug-likeness (QED) is 0.346. The molecule has 2 unspecified atom stereocenters. The SMILES string of the molecule is O=C1NC(=O)C2CC(c3nc(OCC45CCCN4CCC5)nc4c(F)c(-c5cccc6cccc(F)c56)ncc34)=CC12. The number of nitrogens with one attached hydrogen (secondary N) is 1. The average molecular weight is 568 g/mol. The number of halogens is 2. The van der Waals surface area contributed by atoms with Crippen molar-refractivity contribution in [1.29, 1.82) is 0 Å². The van der Waals surface area contributed by atoms with Crippen molar-refractivity contribution in [3.05, 3.63) is 66.0 Å². The van der Waals surface area contributed by atoms with E-state index >= 15 is 4.39 Å². The Labute approximate surface area is 239 Å². The first-order valence-corrected chi connectivity index (χ1v) is 14.4. The summed E-state index contributed by atoms with van der Waals surface area (Å²) in [4.78, 5) is 40.9. The van der Waals surface area contributed by atoms with Crippen molar-refractivity contribution in [2.24, 2.45) is 11.8 Å². The number of amides is 2. The molecule has 0 radical (unpaired) electrons. The molecule has 212 valence electrons. The van der Waals surface area contributed by atoms with E-state index in [0.29, 0.717) is 34.2 Å². The van der Waals surface area contributed by atoms with Crippen molar-refractivity contribution in [2.75, 3.05) is 19.7 Å². The molecule has 2 aromatic carbocycles. The Morgan fingerprint density at radius 2 is 1.79 bits per heavy atom. The van der Waals surface area contributed by atoms with Gasteiger partial charge in [-0.3, -0.25) is 24.8 Å². The second-order valence-electron chi connectivity index (χ2n) is 11.8. The van der Waals surface area contributed by atoms with Crippen LogP contribution in [-0.2, 0) is 9.59 Å². The molecule has 3 aliphatic heterocycles. The lowest BCUT2D eigenvalue weighted by atomic mass is 9.95. The number of carbonyl (C=O) groups excluding carboxylic acids is 2. The van der Waals surface area contributed by atoms with E-state index in [4.69, 9.17) is 9.72 Å². The van der Waals surface area contributed by atoms with Crippen LogP contribution in [0.4, 0.5) is 8.78 Å². The number of carbonyl (C=O) groups is 2. The standard InChI is InChI=1S/C32H27F2N5O3/c33-23-8-2-6-17-5-1-7-19(24(17)23)27-25(34)28-22(15-35-27)26(18-13-20-21(14-18)30(41)38-29(20)40)36-31(37-28)42-16-32-9-3-11-39(32)12-4-10-32/h1-2,5-8,13,15,20-21H,3-4,9-12,14,16H2,(H,38,40,41). The van der Waals surface area contributed by atoms with Gasteiger partial charge in [0.1, 0.15) is 23.6 Å². The van der Waals surface area contributed by atoms with Crippen LogP contribution in [0.15, 0.2) is 48.7 Å². The number of rotatable bonds is 5. The number of imide groups is 1. The van der Waals surface area contributed by atoms with Crippen molar-refractivity contribution >= 4 is 39.1 Å². The molecule has 1 aliphatic carbocycles. The van der Waals surface area contributed by atoms with Gasteiger partial charge in [0.05, 0.1) is 23.1 Å². The van der Waals surface area contributed by atoms with Gasteiger partial charge < -0.3 is 4.74 Å². The Bertz CT molecular complexity index is 1840. The minimum Gasteiger partial charge on any atom is -0.461 e. The van der Waals surface area contributed by atoms with Crippen molar-refractivity contribution in [3.8, 4) is 17.3 Å². The molecule has 2 amide bonds. The van der Waals surface area contributed by atoms with Crippen LogP contribution < -0.4 is 10.1 Å². The molecule has 8 nitrogen and oxygen atoms in total. The largest absolute Gasteiger partial charge is 0.461 e. The van der Waals surface area contributed by atoms with E-state index in [0.717, 1.165) is 38.8 Å². The number of hydrogen-bond donors (Lipinski definition) is 1. The van der Waals surface area contributed by atoms with Gasteiger partial charge in [-0.05, 0) is 62.2 Å². The maximum Gasteiger partial charge on any atom is 0.317 e. The van der Waals surface area contributed by atoms with Crippen LogP contribution in [-0.4, -0.2) is 56.9 Å². The minimum absolute atomic E-state index is 0.00530. The summed E-state index contributed by atoms with van der Waals surface area (Å²) in [5, 5.41) is 3.62. The first-order chi connectivity index (χ1) is 20.4. The summed E-state index contributed by atoms with van der Waals surface area (Å²) in [7, 11) is 0. The summed E-state index contributed by atoms with van der Waals surface area (Å²) in [6.45, 7) is 2.45. The molecule has 0 bridgehead atoms. The van der Waals surface area contributed by atoms with Crippen LogP contribution in [0.5, 0.6) is 6.01 Å². The fourth-order valence-electron chi connectivity index (χ4n) is 7.44. The van der Waals surface area contributed by atoms with E-state index in [9.17, 15) is 14.0 Å². The molecule has 2 atom stereocenters. The molecule has 4 aromatic rings. The lowest BCUT2D eigenvalue weighted by Crippen LogP contribution is -2.43. The number of fused-ring (bicyclic) bond motifs is 4. The molecule has 3 fully saturated rings. The third-order valence-electron chi connectivity index (χ3n) is 9.50. The molecular weight excluding hydrogens is 540 g/mol. The van der Waals surface area contributed by atoms with Crippen LogP contribution in [0, 0.1) is 23.5 Å². The number of hydrogen-bond acceptors (Lipinski definition) is 7. The van der Waals surface area contributed by atoms with E-state index < -0.39 is 23.5 Å². The second-order valence-corrected chi connectivity index (χ2v) is 11.8.